The number of rotatable bonds is 5. The maximum absolute atomic E-state index is 12.6. The molecule has 0 radical (unpaired) electrons. The van der Waals surface area contributed by atoms with Gasteiger partial charge in [0.15, 0.2) is 17.3 Å². The van der Waals surface area contributed by atoms with Gasteiger partial charge in [0.2, 0.25) is 0 Å². The summed E-state index contributed by atoms with van der Waals surface area (Å²) in [5.41, 5.74) is 1.56. The van der Waals surface area contributed by atoms with E-state index in [0.29, 0.717) is 48.2 Å². The van der Waals surface area contributed by atoms with Gasteiger partial charge in [-0.3, -0.25) is 9.48 Å². The zero-order valence-corrected chi connectivity index (χ0v) is 20.0. The molecule has 31 heavy (non-hydrogen) atoms. The van der Waals surface area contributed by atoms with Crippen LogP contribution in [0.3, 0.4) is 0 Å². The molecular weight excluding hydrogens is 550 g/mol. The van der Waals surface area contributed by atoms with E-state index in [9.17, 15) is 4.79 Å². The van der Waals surface area contributed by atoms with Gasteiger partial charge in [0, 0.05) is 22.8 Å². The topological polar surface area (TPSA) is 73.0 Å². The highest BCUT2D eigenvalue weighted by molar-refractivity contribution is 9.10. The van der Waals surface area contributed by atoms with Crippen LogP contribution in [0.2, 0.25) is 20.1 Å². The summed E-state index contributed by atoms with van der Waals surface area (Å²) in [6, 6.07) is 11.8. The highest BCUT2D eigenvalue weighted by Crippen LogP contribution is 2.31. The number of nitrogens with zero attached hydrogens (tertiary/aromatic N) is 3. The van der Waals surface area contributed by atoms with E-state index in [-0.39, 0.29) is 5.69 Å². The number of aromatic nitrogens is 3. The predicted molar refractivity (Wildman–Crippen MR) is 125 cm³/mol. The molecule has 0 bridgehead atoms. The molecule has 6 nitrogen and oxygen atoms in total. The molecule has 0 spiro atoms. The van der Waals surface area contributed by atoms with Crippen LogP contribution >= 0.6 is 62.3 Å². The molecule has 1 N–H and O–H groups in total. The molecule has 2 aromatic heterocycles. The predicted octanol–water partition coefficient (Wildman–Crippen LogP) is 7.21. The molecule has 4 rings (SSSR count). The van der Waals surface area contributed by atoms with Gasteiger partial charge in [0.1, 0.15) is 0 Å². The average molecular weight is 561 g/mol. The molecule has 0 aliphatic carbocycles. The van der Waals surface area contributed by atoms with E-state index in [1.165, 1.54) is 6.07 Å². The molecule has 158 valence electrons. The molecule has 0 atom stereocenters. The molecular formula is C20H11BrCl4N4O2. The first kappa shape index (κ1) is 22.2. The van der Waals surface area contributed by atoms with Gasteiger partial charge in [0.25, 0.3) is 5.91 Å². The third-order valence-corrected chi connectivity index (χ3v) is 6.08. The second-order valence-corrected chi connectivity index (χ2v) is 8.94. The largest absolute Gasteiger partial charge is 0.355 e. The summed E-state index contributed by atoms with van der Waals surface area (Å²) in [4.78, 5) is 12.6. The molecule has 0 fully saturated rings. The van der Waals surface area contributed by atoms with Crippen molar-refractivity contribution in [3.8, 4) is 11.3 Å². The molecule has 0 aliphatic rings. The highest BCUT2D eigenvalue weighted by Gasteiger charge is 2.18. The molecule has 0 aliphatic heterocycles. The van der Waals surface area contributed by atoms with Crippen molar-refractivity contribution < 1.29 is 9.32 Å². The molecule has 0 unspecified atom stereocenters. The summed E-state index contributed by atoms with van der Waals surface area (Å²) in [6.07, 6.45) is 1.74. The zero-order chi connectivity index (χ0) is 22.1. The van der Waals surface area contributed by atoms with Gasteiger partial charge in [-0.2, -0.15) is 5.10 Å². The summed E-state index contributed by atoms with van der Waals surface area (Å²) in [6.45, 7) is 0.439. The van der Waals surface area contributed by atoms with Gasteiger partial charge in [-0.05, 0) is 51.8 Å². The lowest BCUT2D eigenvalue weighted by molar-refractivity contribution is 0.101. The lowest BCUT2D eigenvalue weighted by atomic mass is 10.1. The van der Waals surface area contributed by atoms with Crippen LogP contribution in [-0.2, 0) is 6.54 Å². The standard InChI is InChI=1S/C20H11BrCl4N4O2/c21-13-9-29(8-10-1-4-14(23)16(25)5-10)27-19(13)26-20(30)17-7-18(31-28-17)12-3-2-11(22)6-15(12)24/h1-7,9H,8H2,(H,26,27,30). The SMILES string of the molecule is O=C(Nc1nn(Cc2ccc(Cl)c(Cl)c2)cc1Br)c1cc(-c2ccc(Cl)cc2Cl)on1. The van der Waals surface area contributed by atoms with E-state index in [0.717, 1.165) is 5.56 Å². The Kier molecular flexibility index (Phi) is 6.60. The van der Waals surface area contributed by atoms with E-state index >= 15 is 0 Å². The maximum atomic E-state index is 12.6. The number of nitrogens with one attached hydrogen (secondary N) is 1. The molecule has 4 aromatic rings. The van der Waals surface area contributed by atoms with Crippen LogP contribution in [-0.4, -0.2) is 20.8 Å². The molecule has 1 amide bonds. The van der Waals surface area contributed by atoms with Gasteiger partial charge >= 0.3 is 0 Å². The van der Waals surface area contributed by atoms with Crippen molar-refractivity contribution in [1.29, 1.82) is 0 Å². The fraction of sp³-hybridized carbons (Fsp3) is 0.0500. The number of hydrogen-bond donors (Lipinski definition) is 1. The van der Waals surface area contributed by atoms with Crippen LogP contribution in [0, 0.1) is 0 Å². The summed E-state index contributed by atoms with van der Waals surface area (Å²) in [7, 11) is 0. The number of carbonyl (C=O) groups excluding carboxylic acids is 1. The minimum atomic E-state index is -0.486. The third-order valence-electron chi connectivity index (χ3n) is 4.22. The molecule has 2 aromatic carbocycles. The number of anilines is 1. The first-order valence-electron chi connectivity index (χ1n) is 8.70. The lowest BCUT2D eigenvalue weighted by Crippen LogP contribution is -2.13. The van der Waals surface area contributed by atoms with Crippen LogP contribution in [0.4, 0.5) is 5.82 Å². The van der Waals surface area contributed by atoms with E-state index in [1.54, 1.807) is 41.2 Å². The maximum Gasteiger partial charge on any atom is 0.279 e. The van der Waals surface area contributed by atoms with Crippen LogP contribution in [0.25, 0.3) is 11.3 Å². The van der Waals surface area contributed by atoms with Crippen LogP contribution in [0.5, 0.6) is 0 Å². The third kappa shape index (κ3) is 5.07. The zero-order valence-electron chi connectivity index (χ0n) is 15.4. The Bertz CT molecular complexity index is 1290. The first-order valence-corrected chi connectivity index (χ1v) is 11.0. The summed E-state index contributed by atoms with van der Waals surface area (Å²) in [5.74, 6) is 0.190. The number of hydrogen-bond acceptors (Lipinski definition) is 4. The van der Waals surface area contributed by atoms with Crippen molar-refractivity contribution in [2.75, 3.05) is 5.32 Å². The molecule has 0 saturated heterocycles. The Morgan fingerprint density at radius 2 is 1.84 bits per heavy atom. The van der Waals surface area contributed by atoms with Crippen molar-refractivity contribution in [1.82, 2.24) is 14.9 Å². The van der Waals surface area contributed by atoms with E-state index in [2.05, 4.69) is 31.5 Å². The minimum absolute atomic E-state index is 0.0759. The van der Waals surface area contributed by atoms with E-state index in [4.69, 9.17) is 50.9 Å². The monoisotopic (exact) mass is 558 g/mol. The van der Waals surface area contributed by atoms with Gasteiger partial charge in [0.05, 0.1) is 26.1 Å². The summed E-state index contributed by atoms with van der Waals surface area (Å²) in [5, 5.41) is 12.7. The quantitative estimate of drug-likeness (QED) is 0.280. The van der Waals surface area contributed by atoms with E-state index < -0.39 is 5.91 Å². The minimum Gasteiger partial charge on any atom is -0.355 e. The lowest BCUT2D eigenvalue weighted by Gasteiger charge is -2.04. The summed E-state index contributed by atoms with van der Waals surface area (Å²) < 4.78 is 7.52. The first-order chi connectivity index (χ1) is 14.8. The smallest absolute Gasteiger partial charge is 0.279 e. The van der Waals surface area contributed by atoms with Crippen LogP contribution in [0.1, 0.15) is 16.1 Å². The Balaban J connectivity index is 1.49. The van der Waals surface area contributed by atoms with Gasteiger partial charge in [-0.15, -0.1) is 0 Å². The molecule has 2 heterocycles. The van der Waals surface area contributed by atoms with Crippen molar-refractivity contribution in [2.45, 2.75) is 6.54 Å². The van der Waals surface area contributed by atoms with Crippen molar-refractivity contribution in [3.63, 3.8) is 0 Å². The van der Waals surface area contributed by atoms with Crippen LogP contribution in [0.15, 0.2) is 57.7 Å². The molecule has 11 heteroatoms. The van der Waals surface area contributed by atoms with Gasteiger partial charge in [-0.25, -0.2) is 0 Å². The Labute approximate surface area is 205 Å². The van der Waals surface area contributed by atoms with Crippen LogP contribution < -0.4 is 5.32 Å². The van der Waals surface area contributed by atoms with Gasteiger partial charge in [-0.1, -0.05) is 57.6 Å². The number of amides is 1. The Morgan fingerprint density at radius 3 is 2.58 bits per heavy atom. The number of halogens is 5. The van der Waals surface area contributed by atoms with Gasteiger partial charge < -0.3 is 9.84 Å². The summed E-state index contributed by atoms with van der Waals surface area (Å²) >= 11 is 27.5. The number of carbonyl (C=O) groups is 1. The van der Waals surface area contributed by atoms with Crippen molar-refractivity contribution >= 4 is 74.1 Å². The fourth-order valence-corrected chi connectivity index (χ4v) is 3.99. The second-order valence-electron chi connectivity index (χ2n) is 6.43. The Hall–Kier alpha value is -2.03. The number of benzene rings is 2. The highest BCUT2D eigenvalue weighted by atomic mass is 79.9. The fourth-order valence-electron chi connectivity index (χ4n) is 2.76. The normalized spacial score (nSPS) is 11.0. The van der Waals surface area contributed by atoms with Crippen molar-refractivity contribution in [3.05, 3.63) is 84.5 Å². The molecule has 0 saturated carbocycles. The second kappa shape index (κ2) is 9.22. The average Bonchev–Trinajstić information content (AvgIpc) is 3.32. The van der Waals surface area contributed by atoms with Crippen molar-refractivity contribution in [2.24, 2.45) is 0 Å². The Morgan fingerprint density at radius 1 is 1.03 bits per heavy atom. The van der Waals surface area contributed by atoms with E-state index in [1.807, 2.05) is 6.07 Å².